The third kappa shape index (κ3) is 4.49. The number of nitrogens with zero attached hydrogens (tertiary/aromatic N) is 2. The molecule has 3 aromatic rings. The Bertz CT molecular complexity index is 955. The number of halogens is 1. The average Bonchev–Trinajstić information content (AvgIpc) is 2.95. The first-order chi connectivity index (χ1) is 12.8. The Balaban J connectivity index is 1.63. The van der Waals surface area contributed by atoms with Crippen molar-refractivity contribution in [2.75, 3.05) is 5.32 Å². The minimum atomic E-state index is -0.164. The SMILES string of the molecule is Cc1cc(OCc2ccc(C(=O)Nc3cn(C)nc3C)cc2)cc(C)c1Cl. The molecule has 5 nitrogen and oxygen atoms in total. The Morgan fingerprint density at radius 3 is 2.33 bits per heavy atom. The lowest BCUT2D eigenvalue weighted by molar-refractivity contribution is 0.102. The first-order valence-corrected chi connectivity index (χ1v) is 9.01. The van der Waals surface area contributed by atoms with Gasteiger partial charge < -0.3 is 10.1 Å². The molecule has 0 atom stereocenters. The molecule has 2 aromatic carbocycles. The summed E-state index contributed by atoms with van der Waals surface area (Å²) in [4.78, 5) is 12.4. The summed E-state index contributed by atoms with van der Waals surface area (Å²) in [7, 11) is 1.82. The summed E-state index contributed by atoms with van der Waals surface area (Å²) in [6, 6.07) is 11.2. The molecule has 1 amide bonds. The number of carbonyl (C=O) groups excluding carboxylic acids is 1. The van der Waals surface area contributed by atoms with E-state index in [9.17, 15) is 4.79 Å². The number of carbonyl (C=O) groups is 1. The van der Waals surface area contributed by atoms with E-state index in [0.29, 0.717) is 17.9 Å². The summed E-state index contributed by atoms with van der Waals surface area (Å²) < 4.78 is 7.53. The number of anilines is 1. The fourth-order valence-corrected chi connectivity index (χ4v) is 2.93. The van der Waals surface area contributed by atoms with Crippen molar-refractivity contribution in [2.24, 2.45) is 7.05 Å². The number of nitrogens with one attached hydrogen (secondary N) is 1. The van der Waals surface area contributed by atoms with Crippen molar-refractivity contribution in [2.45, 2.75) is 27.4 Å². The van der Waals surface area contributed by atoms with E-state index < -0.39 is 0 Å². The van der Waals surface area contributed by atoms with Crippen molar-refractivity contribution >= 4 is 23.2 Å². The van der Waals surface area contributed by atoms with Crippen LogP contribution in [0.4, 0.5) is 5.69 Å². The van der Waals surface area contributed by atoms with Crippen molar-refractivity contribution < 1.29 is 9.53 Å². The summed E-state index contributed by atoms with van der Waals surface area (Å²) >= 11 is 6.18. The zero-order valence-corrected chi connectivity index (χ0v) is 16.6. The number of aromatic nitrogens is 2. The number of rotatable bonds is 5. The molecule has 0 aliphatic rings. The van der Waals surface area contributed by atoms with Crippen LogP contribution in [0.5, 0.6) is 5.75 Å². The van der Waals surface area contributed by atoms with E-state index in [0.717, 1.165) is 33.2 Å². The van der Waals surface area contributed by atoms with Crippen LogP contribution in [0.3, 0.4) is 0 Å². The molecule has 0 aliphatic heterocycles. The molecule has 1 heterocycles. The molecule has 0 bridgehead atoms. The molecule has 3 rings (SSSR count). The third-order valence-electron chi connectivity index (χ3n) is 4.29. The number of amides is 1. The van der Waals surface area contributed by atoms with Crippen molar-refractivity contribution in [1.82, 2.24) is 9.78 Å². The second-order valence-electron chi connectivity index (χ2n) is 6.61. The summed E-state index contributed by atoms with van der Waals surface area (Å²) in [5.74, 6) is 0.616. The average molecular weight is 384 g/mol. The fourth-order valence-electron chi connectivity index (χ4n) is 2.83. The van der Waals surface area contributed by atoms with Gasteiger partial charge in [0.05, 0.1) is 11.4 Å². The molecule has 140 valence electrons. The summed E-state index contributed by atoms with van der Waals surface area (Å²) in [5.41, 5.74) is 5.04. The molecular formula is C21H22ClN3O2. The van der Waals surface area contributed by atoms with Crippen LogP contribution in [0.2, 0.25) is 5.02 Å². The maximum absolute atomic E-state index is 12.4. The van der Waals surface area contributed by atoms with Gasteiger partial charge in [-0.2, -0.15) is 5.10 Å². The van der Waals surface area contributed by atoms with Crippen LogP contribution in [0.1, 0.15) is 32.7 Å². The van der Waals surface area contributed by atoms with Gasteiger partial charge in [-0.15, -0.1) is 0 Å². The number of hydrogen-bond donors (Lipinski definition) is 1. The Morgan fingerprint density at radius 1 is 1.15 bits per heavy atom. The maximum Gasteiger partial charge on any atom is 0.255 e. The van der Waals surface area contributed by atoms with Gasteiger partial charge >= 0.3 is 0 Å². The van der Waals surface area contributed by atoms with E-state index in [1.54, 1.807) is 23.0 Å². The van der Waals surface area contributed by atoms with Gasteiger partial charge in [-0.1, -0.05) is 23.7 Å². The molecule has 0 radical (unpaired) electrons. The third-order valence-corrected chi connectivity index (χ3v) is 4.89. The zero-order chi connectivity index (χ0) is 19.6. The second kappa shape index (κ2) is 7.84. The van der Waals surface area contributed by atoms with Gasteiger partial charge in [-0.05, 0) is 61.7 Å². The van der Waals surface area contributed by atoms with Crippen LogP contribution in [-0.2, 0) is 13.7 Å². The van der Waals surface area contributed by atoms with Gasteiger partial charge in [-0.3, -0.25) is 9.48 Å². The highest BCUT2D eigenvalue weighted by molar-refractivity contribution is 6.32. The van der Waals surface area contributed by atoms with Gasteiger partial charge in [0.15, 0.2) is 0 Å². The van der Waals surface area contributed by atoms with Gasteiger partial charge in [0.2, 0.25) is 0 Å². The number of hydrogen-bond acceptors (Lipinski definition) is 3. The molecule has 0 saturated heterocycles. The Morgan fingerprint density at radius 2 is 1.78 bits per heavy atom. The Hall–Kier alpha value is -2.79. The topological polar surface area (TPSA) is 56.1 Å². The molecule has 0 unspecified atom stereocenters. The highest BCUT2D eigenvalue weighted by atomic mass is 35.5. The lowest BCUT2D eigenvalue weighted by Gasteiger charge is -2.10. The normalized spacial score (nSPS) is 10.7. The molecule has 0 spiro atoms. The predicted octanol–water partition coefficient (Wildman–Crippen LogP) is 4.83. The molecule has 1 aromatic heterocycles. The van der Waals surface area contributed by atoms with Crippen LogP contribution in [0.15, 0.2) is 42.6 Å². The molecule has 0 saturated carbocycles. The lowest BCUT2D eigenvalue weighted by Crippen LogP contribution is -2.12. The van der Waals surface area contributed by atoms with E-state index in [2.05, 4.69) is 10.4 Å². The van der Waals surface area contributed by atoms with Crippen LogP contribution in [-0.4, -0.2) is 15.7 Å². The molecule has 27 heavy (non-hydrogen) atoms. The van der Waals surface area contributed by atoms with E-state index >= 15 is 0 Å². The van der Waals surface area contributed by atoms with Gasteiger partial charge in [-0.25, -0.2) is 0 Å². The van der Waals surface area contributed by atoms with Crippen molar-refractivity contribution in [3.63, 3.8) is 0 Å². The maximum atomic E-state index is 12.4. The number of ether oxygens (including phenoxy) is 1. The molecule has 6 heteroatoms. The van der Waals surface area contributed by atoms with E-state index in [-0.39, 0.29) is 5.91 Å². The highest BCUT2D eigenvalue weighted by Gasteiger charge is 2.10. The standard InChI is InChI=1S/C21H22ClN3O2/c1-13-9-18(10-14(2)20(13)22)27-12-16-5-7-17(8-6-16)21(26)23-19-11-25(4)24-15(19)3/h5-11H,12H2,1-4H3,(H,23,26). The fraction of sp³-hybridized carbons (Fsp3) is 0.238. The minimum absolute atomic E-state index is 0.164. The molecule has 0 fully saturated rings. The molecule has 0 aliphatic carbocycles. The first kappa shape index (κ1) is 19.0. The number of benzene rings is 2. The Kier molecular flexibility index (Phi) is 5.51. The summed E-state index contributed by atoms with van der Waals surface area (Å²) in [6.45, 7) is 6.19. The van der Waals surface area contributed by atoms with Crippen LogP contribution in [0, 0.1) is 20.8 Å². The van der Waals surface area contributed by atoms with Gasteiger partial charge in [0.25, 0.3) is 5.91 Å². The van der Waals surface area contributed by atoms with E-state index in [4.69, 9.17) is 16.3 Å². The van der Waals surface area contributed by atoms with Crippen molar-refractivity contribution in [3.05, 3.63) is 75.6 Å². The van der Waals surface area contributed by atoms with E-state index in [1.165, 1.54) is 0 Å². The smallest absolute Gasteiger partial charge is 0.255 e. The zero-order valence-electron chi connectivity index (χ0n) is 15.8. The number of aryl methyl sites for hydroxylation is 4. The largest absolute Gasteiger partial charge is 0.489 e. The summed E-state index contributed by atoms with van der Waals surface area (Å²) in [6.07, 6.45) is 1.78. The predicted molar refractivity (Wildman–Crippen MR) is 108 cm³/mol. The molecular weight excluding hydrogens is 362 g/mol. The highest BCUT2D eigenvalue weighted by Crippen LogP contribution is 2.26. The van der Waals surface area contributed by atoms with Crippen LogP contribution in [0.25, 0.3) is 0 Å². The van der Waals surface area contributed by atoms with Crippen molar-refractivity contribution in [1.29, 1.82) is 0 Å². The van der Waals surface area contributed by atoms with Gasteiger partial charge in [0.1, 0.15) is 12.4 Å². The summed E-state index contributed by atoms with van der Waals surface area (Å²) in [5, 5.41) is 7.86. The van der Waals surface area contributed by atoms with E-state index in [1.807, 2.05) is 52.1 Å². The lowest BCUT2D eigenvalue weighted by atomic mass is 10.1. The minimum Gasteiger partial charge on any atom is -0.489 e. The van der Waals surface area contributed by atoms with Crippen LogP contribution < -0.4 is 10.1 Å². The first-order valence-electron chi connectivity index (χ1n) is 8.63. The Labute approximate surface area is 163 Å². The quantitative estimate of drug-likeness (QED) is 0.686. The van der Waals surface area contributed by atoms with Gasteiger partial charge in [0, 0.05) is 23.8 Å². The monoisotopic (exact) mass is 383 g/mol. The van der Waals surface area contributed by atoms with Crippen molar-refractivity contribution in [3.8, 4) is 5.75 Å². The second-order valence-corrected chi connectivity index (χ2v) is 6.99. The van der Waals surface area contributed by atoms with Crippen LogP contribution >= 0.6 is 11.6 Å². The molecule has 1 N–H and O–H groups in total.